The van der Waals surface area contributed by atoms with Crippen molar-refractivity contribution in [1.82, 2.24) is 9.62 Å². The highest BCUT2D eigenvalue weighted by Crippen LogP contribution is 2.25. The number of hydrogen-bond acceptors (Lipinski definition) is 7. The second kappa shape index (κ2) is 13.1. The second-order valence-corrected chi connectivity index (χ2v) is 12.2. The first-order chi connectivity index (χ1) is 18.0. The van der Waals surface area contributed by atoms with Gasteiger partial charge in [-0.2, -0.15) is 4.31 Å². The quantitative estimate of drug-likeness (QED) is 0.196. The van der Waals surface area contributed by atoms with Crippen LogP contribution in [0.1, 0.15) is 29.8 Å². The Morgan fingerprint density at radius 2 is 1.61 bits per heavy atom. The number of aromatic hydroxyl groups is 2. The Morgan fingerprint density at radius 3 is 2.18 bits per heavy atom. The zero-order valence-corrected chi connectivity index (χ0v) is 23.2. The number of phenols is 2. The number of sulfonamides is 1. The van der Waals surface area contributed by atoms with Gasteiger partial charge in [0.1, 0.15) is 0 Å². The van der Waals surface area contributed by atoms with Crippen LogP contribution in [0.4, 0.5) is 0 Å². The summed E-state index contributed by atoms with van der Waals surface area (Å²) >= 11 is 1.51. The summed E-state index contributed by atoms with van der Waals surface area (Å²) in [4.78, 5) is 14.1. The molecule has 0 saturated heterocycles. The molecule has 0 fully saturated rings. The topological polar surface area (TPSA) is 127 Å². The van der Waals surface area contributed by atoms with E-state index in [2.05, 4.69) is 5.32 Å². The van der Waals surface area contributed by atoms with E-state index in [0.29, 0.717) is 0 Å². The molecule has 38 heavy (non-hydrogen) atoms. The van der Waals surface area contributed by atoms with Crippen LogP contribution in [0.25, 0.3) is 0 Å². The molecule has 3 aromatic carbocycles. The minimum absolute atomic E-state index is 0.00965. The van der Waals surface area contributed by atoms with Crippen molar-refractivity contribution in [2.45, 2.75) is 42.2 Å². The number of thioether (sulfide) groups is 1. The van der Waals surface area contributed by atoms with Gasteiger partial charge in [-0.3, -0.25) is 4.79 Å². The van der Waals surface area contributed by atoms with Gasteiger partial charge in [0.15, 0.2) is 11.5 Å². The number of rotatable bonds is 12. The van der Waals surface area contributed by atoms with Crippen molar-refractivity contribution in [2.24, 2.45) is 5.92 Å². The fourth-order valence-corrected chi connectivity index (χ4v) is 6.01. The van der Waals surface area contributed by atoms with Crippen LogP contribution < -0.4 is 5.32 Å². The predicted octanol–water partition coefficient (Wildman–Crippen LogP) is 3.87. The fourth-order valence-electron chi connectivity index (χ4n) is 3.98. The molecule has 0 unspecified atom stereocenters. The van der Waals surface area contributed by atoms with Crippen LogP contribution in [-0.4, -0.2) is 65.4 Å². The molecule has 0 heterocycles. The van der Waals surface area contributed by atoms with Crippen molar-refractivity contribution in [3.8, 4) is 11.5 Å². The molecule has 0 spiro atoms. The van der Waals surface area contributed by atoms with E-state index >= 15 is 0 Å². The number of carbonyl (C=O) groups excluding carboxylic acids is 1. The summed E-state index contributed by atoms with van der Waals surface area (Å²) in [6, 6.07) is 18.7. The van der Waals surface area contributed by atoms with Crippen molar-refractivity contribution in [3.05, 3.63) is 83.9 Å². The van der Waals surface area contributed by atoms with Gasteiger partial charge < -0.3 is 20.6 Å². The van der Waals surface area contributed by atoms with Gasteiger partial charge in [0.05, 0.1) is 17.0 Å². The highest BCUT2D eigenvalue weighted by atomic mass is 32.2. The van der Waals surface area contributed by atoms with Crippen LogP contribution >= 0.6 is 11.8 Å². The Kier molecular flexibility index (Phi) is 10.2. The molecule has 1 amide bonds. The molecule has 8 nitrogen and oxygen atoms in total. The Hall–Kier alpha value is -3.05. The van der Waals surface area contributed by atoms with Crippen LogP contribution in [-0.2, 0) is 16.4 Å². The summed E-state index contributed by atoms with van der Waals surface area (Å²) < 4.78 is 28.4. The van der Waals surface area contributed by atoms with E-state index in [1.165, 1.54) is 28.2 Å². The predicted molar refractivity (Wildman–Crippen MR) is 149 cm³/mol. The van der Waals surface area contributed by atoms with Crippen LogP contribution in [0.3, 0.4) is 0 Å². The lowest BCUT2D eigenvalue weighted by atomic mass is 10.00. The molecule has 3 aromatic rings. The van der Waals surface area contributed by atoms with Crippen molar-refractivity contribution in [3.63, 3.8) is 0 Å². The van der Waals surface area contributed by atoms with Crippen LogP contribution in [0.2, 0.25) is 0 Å². The van der Waals surface area contributed by atoms with E-state index < -0.39 is 33.8 Å². The lowest BCUT2D eigenvalue weighted by Crippen LogP contribution is -2.51. The maximum atomic E-state index is 13.6. The number of amides is 1. The molecule has 0 saturated carbocycles. The first-order valence-corrected chi connectivity index (χ1v) is 14.9. The molecular weight excluding hydrogens is 524 g/mol. The van der Waals surface area contributed by atoms with Crippen LogP contribution in [0, 0.1) is 5.92 Å². The first kappa shape index (κ1) is 29.5. The van der Waals surface area contributed by atoms with E-state index in [0.717, 1.165) is 16.5 Å². The van der Waals surface area contributed by atoms with Crippen molar-refractivity contribution in [2.75, 3.05) is 19.3 Å². The van der Waals surface area contributed by atoms with E-state index in [4.69, 9.17) is 0 Å². The molecule has 2 atom stereocenters. The number of nitrogens with zero attached hydrogens (tertiary/aromatic N) is 1. The number of phenolic OH excluding ortho intramolecular Hbond substituents is 2. The van der Waals surface area contributed by atoms with Crippen molar-refractivity contribution < 1.29 is 28.5 Å². The largest absolute Gasteiger partial charge is 0.504 e. The van der Waals surface area contributed by atoms with E-state index in [9.17, 15) is 28.5 Å². The van der Waals surface area contributed by atoms with Gasteiger partial charge in [0.25, 0.3) is 5.91 Å². The number of nitrogens with one attached hydrogen (secondary N) is 1. The smallest absolute Gasteiger partial charge is 0.251 e. The second-order valence-electron chi connectivity index (χ2n) is 9.43. The third kappa shape index (κ3) is 7.73. The summed E-state index contributed by atoms with van der Waals surface area (Å²) in [6.45, 7) is 3.74. The number of aliphatic hydroxyl groups is 1. The molecule has 204 valence electrons. The third-order valence-corrected chi connectivity index (χ3v) is 8.56. The lowest BCUT2D eigenvalue weighted by Gasteiger charge is -2.31. The average Bonchev–Trinajstić information content (AvgIpc) is 2.89. The molecule has 0 aliphatic heterocycles. The molecule has 0 bridgehead atoms. The lowest BCUT2D eigenvalue weighted by molar-refractivity contribution is 0.0775. The summed E-state index contributed by atoms with van der Waals surface area (Å²) in [7, 11) is -3.92. The molecule has 0 radical (unpaired) electrons. The molecular formula is C28H34N2O6S2. The monoisotopic (exact) mass is 558 g/mol. The zero-order chi connectivity index (χ0) is 27.9. The average molecular weight is 559 g/mol. The number of aliphatic hydroxyl groups excluding tert-OH is 1. The zero-order valence-electron chi connectivity index (χ0n) is 21.6. The third-order valence-electron chi connectivity index (χ3n) is 5.97. The Balaban J connectivity index is 1.89. The van der Waals surface area contributed by atoms with E-state index in [1.807, 2.05) is 50.4 Å². The van der Waals surface area contributed by atoms with Gasteiger partial charge in [0.2, 0.25) is 10.0 Å². The minimum atomic E-state index is -3.92. The SMILES string of the molecule is CSc1ccc(S(=O)(=O)N(CC(C)C)C[C@@H](O)[C@H](Cc2ccccc2)NC(=O)c2ccc(O)c(O)c2)cc1. The van der Waals surface area contributed by atoms with Gasteiger partial charge in [-0.1, -0.05) is 44.2 Å². The maximum absolute atomic E-state index is 13.6. The van der Waals surface area contributed by atoms with Gasteiger partial charge in [-0.15, -0.1) is 11.8 Å². The highest BCUT2D eigenvalue weighted by Gasteiger charge is 2.31. The number of hydrogen-bond donors (Lipinski definition) is 4. The van der Waals surface area contributed by atoms with E-state index in [-0.39, 0.29) is 41.6 Å². The highest BCUT2D eigenvalue weighted by molar-refractivity contribution is 7.98. The molecule has 0 aliphatic carbocycles. The van der Waals surface area contributed by atoms with Gasteiger partial charge in [0, 0.05) is 23.5 Å². The van der Waals surface area contributed by atoms with Gasteiger partial charge in [-0.05, 0) is 66.6 Å². The van der Waals surface area contributed by atoms with Crippen LogP contribution in [0.5, 0.6) is 11.5 Å². The number of carbonyl (C=O) groups is 1. The molecule has 3 rings (SSSR count). The van der Waals surface area contributed by atoms with Crippen molar-refractivity contribution >= 4 is 27.7 Å². The Morgan fingerprint density at radius 1 is 0.947 bits per heavy atom. The van der Waals surface area contributed by atoms with Gasteiger partial charge >= 0.3 is 0 Å². The van der Waals surface area contributed by atoms with Crippen molar-refractivity contribution in [1.29, 1.82) is 0 Å². The molecule has 4 N–H and O–H groups in total. The maximum Gasteiger partial charge on any atom is 0.251 e. The molecule has 0 aromatic heterocycles. The normalized spacial score (nSPS) is 13.4. The minimum Gasteiger partial charge on any atom is -0.504 e. The number of benzene rings is 3. The first-order valence-electron chi connectivity index (χ1n) is 12.2. The van der Waals surface area contributed by atoms with Gasteiger partial charge in [-0.25, -0.2) is 8.42 Å². The fraction of sp³-hybridized carbons (Fsp3) is 0.321. The van der Waals surface area contributed by atoms with E-state index in [1.54, 1.807) is 24.3 Å². The standard InChI is InChI=1S/C28H34N2O6S2/c1-19(2)17-30(38(35,36)23-12-10-22(37-3)11-13-23)18-27(33)24(15-20-7-5-4-6-8-20)29-28(34)21-9-14-25(31)26(32)16-21/h4-14,16,19,24,27,31-33H,15,17-18H2,1-3H3,(H,29,34)/t24-,27+/m0/s1. The Bertz CT molecular complexity index is 1310. The molecule has 10 heteroatoms. The molecule has 0 aliphatic rings. The van der Waals surface area contributed by atoms with Crippen LogP contribution in [0.15, 0.2) is 82.6 Å². The summed E-state index contributed by atoms with van der Waals surface area (Å²) in [5.41, 5.74) is 0.933. The Labute approximate surface area is 228 Å². The summed E-state index contributed by atoms with van der Waals surface area (Å²) in [6.07, 6.45) is 0.908. The summed E-state index contributed by atoms with van der Waals surface area (Å²) in [5, 5.41) is 33.5. The summed E-state index contributed by atoms with van der Waals surface area (Å²) in [5.74, 6) is -1.39.